The lowest BCUT2D eigenvalue weighted by Crippen LogP contribution is -2.50. The summed E-state index contributed by atoms with van der Waals surface area (Å²) in [6.07, 6.45) is 0. The van der Waals surface area contributed by atoms with E-state index in [9.17, 15) is 53.2 Å². The summed E-state index contributed by atoms with van der Waals surface area (Å²) in [5.41, 5.74) is 0.137. The molecule has 0 spiro atoms. The molecule has 1 saturated heterocycles. The first-order valence-electron chi connectivity index (χ1n) is 15.2. The summed E-state index contributed by atoms with van der Waals surface area (Å²) >= 11 is 0. The third-order valence-corrected chi connectivity index (χ3v) is 7.59. The molecule has 0 atom stereocenters. The number of hydrogen-bond donors (Lipinski definition) is 6. The number of carbonyl (C=O) groups is 5. The SMILES string of the molecule is O=C(O)CN1CCN(CC(=O)O)CCN(CC(=O)NCCNC(=O)c2cc(-c3ccc(F)cc3F)ccc2O)CCN(CC(=O)O)CC1. The number of phenolic OH excluding ortho intramolecular Hbond substituents is 1. The Bertz CT molecular complexity index is 1430. The Balaban J connectivity index is 1.58. The molecule has 1 aliphatic heterocycles. The van der Waals surface area contributed by atoms with Crippen molar-refractivity contribution in [3.8, 4) is 16.9 Å². The summed E-state index contributed by atoms with van der Waals surface area (Å²) in [5, 5.41) is 43.5. The number of phenols is 1. The maximum absolute atomic E-state index is 14.2. The number of nitrogens with zero attached hydrogens (tertiary/aromatic N) is 4. The highest BCUT2D eigenvalue weighted by molar-refractivity contribution is 5.98. The molecule has 17 heteroatoms. The van der Waals surface area contributed by atoms with E-state index >= 15 is 0 Å². The number of halogens is 2. The van der Waals surface area contributed by atoms with Crippen molar-refractivity contribution in [1.29, 1.82) is 0 Å². The first kappa shape index (κ1) is 37.7. The van der Waals surface area contributed by atoms with Gasteiger partial charge >= 0.3 is 17.9 Å². The molecule has 0 aliphatic carbocycles. The topological polar surface area (TPSA) is 203 Å². The highest BCUT2D eigenvalue weighted by Gasteiger charge is 2.21. The van der Waals surface area contributed by atoms with E-state index in [4.69, 9.17) is 0 Å². The van der Waals surface area contributed by atoms with Gasteiger partial charge in [-0.05, 0) is 29.8 Å². The third-order valence-electron chi connectivity index (χ3n) is 7.59. The van der Waals surface area contributed by atoms with Crippen LogP contribution in [0.25, 0.3) is 11.1 Å². The van der Waals surface area contributed by atoms with Crippen molar-refractivity contribution in [2.45, 2.75) is 0 Å². The highest BCUT2D eigenvalue weighted by atomic mass is 19.1. The molecule has 262 valence electrons. The average Bonchev–Trinajstić information content (AvgIpc) is 3.00. The second kappa shape index (κ2) is 18.6. The van der Waals surface area contributed by atoms with Gasteiger partial charge in [-0.3, -0.25) is 43.6 Å². The Morgan fingerprint density at radius 2 is 1.08 bits per heavy atom. The zero-order valence-electron chi connectivity index (χ0n) is 26.2. The van der Waals surface area contributed by atoms with Crippen LogP contribution in [0, 0.1) is 11.6 Å². The van der Waals surface area contributed by atoms with E-state index in [0.717, 1.165) is 6.07 Å². The molecule has 0 unspecified atom stereocenters. The van der Waals surface area contributed by atoms with Crippen molar-refractivity contribution in [2.24, 2.45) is 0 Å². The average molecular weight is 679 g/mol. The van der Waals surface area contributed by atoms with Crippen LogP contribution >= 0.6 is 0 Å². The molecule has 0 saturated carbocycles. The van der Waals surface area contributed by atoms with Gasteiger partial charge in [-0.1, -0.05) is 6.07 Å². The van der Waals surface area contributed by atoms with Crippen molar-refractivity contribution in [2.75, 3.05) is 91.6 Å². The van der Waals surface area contributed by atoms with Crippen molar-refractivity contribution in [1.82, 2.24) is 30.2 Å². The molecule has 0 aromatic heterocycles. The summed E-state index contributed by atoms with van der Waals surface area (Å²) in [6, 6.07) is 6.86. The molecule has 15 nitrogen and oxygen atoms in total. The number of amides is 2. The van der Waals surface area contributed by atoms with Crippen molar-refractivity contribution in [3.05, 3.63) is 53.6 Å². The van der Waals surface area contributed by atoms with Gasteiger partial charge in [-0.25, -0.2) is 8.78 Å². The van der Waals surface area contributed by atoms with E-state index in [0.29, 0.717) is 6.07 Å². The minimum atomic E-state index is -1.06. The van der Waals surface area contributed by atoms with Gasteiger partial charge in [0.25, 0.3) is 5.91 Å². The van der Waals surface area contributed by atoms with Crippen LogP contribution in [0.15, 0.2) is 36.4 Å². The minimum Gasteiger partial charge on any atom is -0.507 e. The standard InChI is InChI=1S/C31H40F2N6O9/c32-22-2-3-23(25(33)16-22)21-1-4-26(40)24(15-21)31(48)35-6-5-34-27(41)17-36-7-9-37(18-28(42)43)11-13-39(20-30(46)47)14-12-38(10-8-36)19-29(44)45/h1-4,15-16,40H,5-14,17-20H2,(H,34,41)(H,35,48)(H,42,43)(H,44,45)(H,46,47). The van der Waals surface area contributed by atoms with Crippen molar-refractivity contribution < 1.29 is 53.2 Å². The molecule has 6 N–H and O–H groups in total. The van der Waals surface area contributed by atoms with E-state index in [-0.39, 0.29) is 114 Å². The second-order valence-corrected chi connectivity index (χ2v) is 11.2. The van der Waals surface area contributed by atoms with Gasteiger partial charge in [0, 0.05) is 77.1 Å². The van der Waals surface area contributed by atoms with Crippen LogP contribution in [-0.2, 0) is 19.2 Å². The van der Waals surface area contributed by atoms with Gasteiger partial charge in [0.1, 0.15) is 17.4 Å². The fourth-order valence-electron chi connectivity index (χ4n) is 5.13. The van der Waals surface area contributed by atoms with Crippen LogP contribution in [0.2, 0.25) is 0 Å². The summed E-state index contributed by atoms with van der Waals surface area (Å²) in [7, 11) is 0. The number of aliphatic carboxylic acids is 3. The number of carboxylic acids is 3. The summed E-state index contributed by atoms with van der Waals surface area (Å²) in [6.45, 7) is 1.05. The van der Waals surface area contributed by atoms with E-state index in [2.05, 4.69) is 10.6 Å². The summed E-state index contributed by atoms with van der Waals surface area (Å²) in [4.78, 5) is 66.5. The fourth-order valence-corrected chi connectivity index (χ4v) is 5.13. The van der Waals surface area contributed by atoms with Gasteiger partial charge < -0.3 is 31.1 Å². The lowest BCUT2D eigenvalue weighted by molar-refractivity contribution is -0.140. The van der Waals surface area contributed by atoms with Crippen molar-refractivity contribution >= 4 is 29.7 Å². The zero-order chi connectivity index (χ0) is 35.2. The second-order valence-electron chi connectivity index (χ2n) is 11.2. The molecule has 48 heavy (non-hydrogen) atoms. The molecule has 3 rings (SSSR count). The molecule has 2 aromatic carbocycles. The van der Waals surface area contributed by atoms with Crippen LogP contribution in [0.3, 0.4) is 0 Å². The minimum absolute atomic E-state index is 0.0150. The Morgan fingerprint density at radius 1 is 0.625 bits per heavy atom. The van der Waals surface area contributed by atoms with Crippen molar-refractivity contribution in [3.63, 3.8) is 0 Å². The van der Waals surface area contributed by atoms with Gasteiger partial charge in [-0.2, -0.15) is 0 Å². The van der Waals surface area contributed by atoms with Gasteiger partial charge in [0.2, 0.25) is 5.91 Å². The summed E-state index contributed by atoms with van der Waals surface area (Å²) in [5.74, 6) is -6.23. The predicted octanol–water partition coefficient (Wildman–Crippen LogP) is -0.341. The van der Waals surface area contributed by atoms with Crippen LogP contribution < -0.4 is 10.6 Å². The van der Waals surface area contributed by atoms with Crippen LogP contribution in [0.5, 0.6) is 5.75 Å². The molecular weight excluding hydrogens is 638 g/mol. The maximum atomic E-state index is 14.2. The van der Waals surface area contributed by atoms with Gasteiger partial charge in [0.05, 0.1) is 31.7 Å². The Hall–Kier alpha value is -4.71. The Morgan fingerprint density at radius 3 is 1.54 bits per heavy atom. The number of hydrogen-bond acceptors (Lipinski definition) is 10. The quantitative estimate of drug-likeness (QED) is 0.150. The number of nitrogens with one attached hydrogen (secondary N) is 2. The van der Waals surface area contributed by atoms with Gasteiger partial charge in [-0.15, -0.1) is 0 Å². The lowest BCUT2D eigenvalue weighted by atomic mass is 10.0. The van der Waals surface area contributed by atoms with Crippen LogP contribution in [-0.4, -0.2) is 161 Å². The predicted molar refractivity (Wildman–Crippen MR) is 167 cm³/mol. The lowest BCUT2D eigenvalue weighted by Gasteiger charge is -2.32. The molecule has 1 heterocycles. The number of aromatic hydroxyl groups is 1. The summed E-state index contributed by atoms with van der Waals surface area (Å²) < 4.78 is 27.6. The molecular formula is C31H40F2N6O9. The Kier molecular flexibility index (Phi) is 14.6. The van der Waals surface area contributed by atoms with Crippen LogP contribution in [0.4, 0.5) is 8.78 Å². The monoisotopic (exact) mass is 678 g/mol. The highest BCUT2D eigenvalue weighted by Crippen LogP contribution is 2.28. The largest absolute Gasteiger partial charge is 0.507 e. The first-order chi connectivity index (χ1) is 22.8. The maximum Gasteiger partial charge on any atom is 0.317 e. The van der Waals surface area contributed by atoms with Gasteiger partial charge in [0.15, 0.2) is 0 Å². The third kappa shape index (κ3) is 12.8. The van der Waals surface area contributed by atoms with E-state index in [1.807, 2.05) is 0 Å². The normalized spacial score (nSPS) is 16.0. The molecule has 0 radical (unpaired) electrons. The first-order valence-corrected chi connectivity index (χ1v) is 15.2. The van der Waals surface area contributed by atoms with E-state index < -0.39 is 41.4 Å². The Labute approximate surface area is 275 Å². The van der Waals surface area contributed by atoms with Crippen LogP contribution in [0.1, 0.15) is 10.4 Å². The zero-order valence-corrected chi connectivity index (χ0v) is 26.2. The molecule has 1 fully saturated rings. The number of rotatable bonds is 13. The number of carboxylic acid groups (broad SMARTS) is 3. The van der Waals surface area contributed by atoms with E-state index in [1.54, 1.807) is 19.6 Å². The van der Waals surface area contributed by atoms with E-state index in [1.165, 1.54) is 24.3 Å². The molecule has 2 amide bonds. The molecule has 1 aliphatic rings. The molecule has 0 bridgehead atoms. The molecule has 2 aromatic rings. The number of carbonyl (C=O) groups excluding carboxylic acids is 2. The fraction of sp³-hybridized carbons (Fsp3) is 0.452. The smallest absolute Gasteiger partial charge is 0.317 e. The number of benzene rings is 2.